The second-order valence-electron chi connectivity index (χ2n) is 3.61. The Labute approximate surface area is 106 Å². The molecule has 0 radical (unpaired) electrons. The van der Waals surface area contributed by atoms with Crippen LogP contribution in [0.3, 0.4) is 0 Å². The number of rotatable bonds is 8. The number of ether oxygens (including phenoxy) is 1. The molecule has 1 aromatic carbocycles. The van der Waals surface area contributed by atoms with Crippen molar-refractivity contribution < 1.29 is 14.9 Å². The predicted octanol–water partition coefficient (Wildman–Crippen LogP) is 1.53. The molecule has 0 saturated heterocycles. The van der Waals surface area contributed by atoms with Crippen LogP contribution in [-0.4, -0.2) is 36.6 Å². The minimum absolute atomic E-state index is 0.0593. The maximum absolute atomic E-state index is 9.65. The normalized spacial score (nSPS) is 10.7. The van der Waals surface area contributed by atoms with Crippen molar-refractivity contribution in [2.45, 2.75) is 13.0 Å². The van der Waals surface area contributed by atoms with Crippen LogP contribution < -0.4 is 5.32 Å². The van der Waals surface area contributed by atoms with Crippen molar-refractivity contribution in [1.82, 2.24) is 5.32 Å². The lowest BCUT2D eigenvalue weighted by atomic mass is 10.2. The van der Waals surface area contributed by atoms with E-state index in [1.807, 2.05) is 12.1 Å². The van der Waals surface area contributed by atoms with E-state index >= 15 is 0 Å². The van der Waals surface area contributed by atoms with Crippen LogP contribution >= 0.6 is 11.6 Å². The first-order valence-electron chi connectivity index (χ1n) is 5.61. The molecule has 0 spiro atoms. The molecule has 0 aromatic heterocycles. The number of aromatic hydroxyl groups is 1. The molecule has 0 fully saturated rings. The van der Waals surface area contributed by atoms with E-state index in [4.69, 9.17) is 21.4 Å². The molecule has 0 heterocycles. The number of halogens is 1. The lowest BCUT2D eigenvalue weighted by molar-refractivity contribution is 0.0907. The van der Waals surface area contributed by atoms with Crippen LogP contribution in [0.4, 0.5) is 0 Å². The number of benzene rings is 1. The molecular formula is C12H18ClNO3. The van der Waals surface area contributed by atoms with E-state index in [2.05, 4.69) is 5.32 Å². The first-order valence-corrected chi connectivity index (χ1v) is 5.99. The molecule has 1 aromatic rings. The quantitative estimate of drug-likeness (QED) is 0.620. The van der Waals surface area contributed by atoms with Crippen LogP contribution in [0, 0.1) is 0 Å². The van der Waals surface area contributed by atoms with E-state index in [1.165, 1.54) is 0 Å². The van der Waals surface area contributed by atoms with E-state index in [0.717, 1.165) is 18.5 Å². The highest BCUT2D eigenvalue weighted by Crippen LogP contribution is 2.26. The van der Waals surface area contributed by atoms with Gasteiger partial charge in [-0.1, -0.05) is 23.7 Å². The van der Waals surface area contributed by atoms with Gasteiger partial charge in [-0.05, 0) is 19.0 Å². The largest absolute Gasteiger partial charge is 0.506 e. The summed E-state index contributed by atoms with van der Waals surface area (Å²) in [4.78, 5) is 0. The van der Waals surface area contributed by atoms with Gasteiger partial charge >= 0.3 is 0 Å². The van der Waals surface area contributed by atoms with Crippen molar-refractivity contribution in [2.24, 2.45) is 0 Å². The monoisotopic (exact) mass is 259 g/mol. The van der Waals surface area contributed by atoms with Crippen molar-refractivity contribution in [3.63, 3.8) is 0 Å². The molecule has 0 unspecified atom stereocenters. The number of hydrogen-bond acceptors (Lipinski definition) is 4. The Morgan fingerprint density at radius 2 is 2.12 bits per heavy atom. The van der Waals surface area contributed by atoms with Crippen LogP contribution in [0.1, 0.15) is 12.0 Å². The van der Waals surface area contributed by atoms with E-state index in [-0.39, 0.29) is 12.4 Å². The molecule has 4 nitrogen and oxygen atoms in total. The molecule has 0 atom stereocenters. The fraction of sp³-hybridized carbons (Fsp3) is 0.500. The van der Waals surface area contributed by atoms with Crippen LogP contribution in [0.5, 0.6) is 5.75 Å². The maximum Gasteiger partial charge on any atom is 0.138 e. The Kier molecular flexibility index (Phi) is 6.96. The van der Waals surface area contributed by atoms with Crippen LogP contribution in [0.2, 0.25) is 5.02 Å². The molecule has 96 valence electrons. The van der Waals surface area contributed by atoms with Gasteiger partial charge in [0, 0.05) is 18.7 Å². The van der Waals surface area contributed by atoms with Crippen molar-refractivity contribution in [1.29, 1.82) is 0 Å². The summed E-state index contributed by atoms with van der Waals surface area (Å²) < 4.78 is 5.12. The summed E-state index contributed by atoms with van der Waals surface area (Å²) in [5.41, 5.74) is 0.786. The minimum Gasteiger partial charge on any atom is -0.506 e. The zero-order valence-corrected chi connectivity index (χ0v) is 10.4. The van der Waals surface area contributed by atoms with Gasteiger partial charge in [0.25, 0.3) is 0 Å². The zero-order valence-electron chi connectivity index (χ0n) is 9.66. The summed E-state index contributed by atoms with van der Waals surface area (Å²) in [7, 11) is 0. The smallest absolute Gasteiger partial charge is 0.138 e. The fourth-order valence-electron chi connectivity index (χ4n) is 1.39. The minimum atomic E-state index is 0.0593. The molecule has 1 rings (SSSR count). The number of phenols is 1. The van der Waals surface area contributed by atoms with Gasteiger partial charge in [-0.3, -0.25) is 0 Å². The molecule has 0 saturated carbocycles. The third-order valence-corrected chi connectivity index (χ3v) is 2.57. The van der Waals surface area contributed by atoms with Gasteiger partial charge in [-0.25, -0.2) is 0 Å². The van der Waals surface area contributed by atoms with Crippen LogP contribution in [0.15, 0.2) is 18.2 Å². The van der Waals surface area contributed by atoms with E-state index in [0.29, 0.717) is 24.8 Å². The number of nitrogens with one attached hydrogen (secondary N) is 1. The molecule has 5 heteroatoms. The highest BCUT2D eigenvalue weighted by atomic mass is 35.5. The first kappa shape index (κ1) is 14.3. The Balaban J connectivity index is 2.16. The molecule has 17 heavy (non-hydrogen) atoms. The van der Waals surface area contributed by atoms with Crippen molar-refractivity contribution >= 4 is 11.6 Å². The third-order valence-electron chi connectivity index (χ3n) is 2.26. The van der Waals surface area contributed by atoms with Gasteiger partial charge < -0.3 is 20.3 Å². The highest BCUT2D eigenvalue weighted by Gasteiger charge is 2.03. The fourth-order valence-corrected chi connectivity index (χ4v) is 1.59. The summed E-state index contributed by atoms with van der Waals surface area (Å²) in [6, 6.07) is 5.29. The topological polar surface area (TPSA) is 61.7 Å². The maximum atomic E-state index is 9.65. The summed E-state index contributed by atoms with van der Waals surface area (Å²) in [5.74, 6) is 0.137. The molecular weight excluding hydrogens is 242 g/mol. The van der Waals surface area contributed by atoms with Crippen molar-refractivity contribution in [3.05, 3.63) is 28.8 Å². The summed E-state index contributed by atoms with van der Waals surface area (Å²) in [6.07, 6.45) is 0.862. The number of phenolic OH excluding ortho intramolecular Hbond substituents is 1. The second-order valence-corrected chi connectivity index (χ2v) is 4.02. The predicted molar refractivity (Wildman–Crippen MR) is 67.3 cm³/mol. The Morgan fingerprint density at radius 1 is 1.29 bits per heavy atom. The molecule has 0 aliphatic rings. The van der Waals surface area contributed by atoms with Crippen molar-refractivity contribution in [3.8, 4) is 5.75 Å². The summed E-state index contributed by atoms with van der Waals surface area (Å²) in [6.45, 7) is 2.43. The number of aliphatic hydroxyl groups excluding tert-OH is 1. The Bertz CT molecular complexity index is 334. The Hall–Kier alpha value is -0.810. The van der Waals surface area contributed by atoms with Crippen LogP contribution in [-0.2, 0) is 11.3 Å². The zero-order chi connectivity index (χ0) is 12.5. The first-order chi connectivity index (χ1) is 8.25. The van der Waals surface area contributed by atoms with Gasteiger partial charge in [-0.2, -0.15) is 0 Å². The third kappa shape index (κ3) is 5.37. The van der Waals surface area contributed by atoms with E-state index < -0.39 is 0 Å². The second kappa shape index (κ2) is 8.31. The van der Waals surface area contributed by atoms with Gasteiger partial charge in [0.15, 0.2) is 0 Å². The van der Waals surface area contributed by atoms with Gasteiger partial charge in [0.1, 0.15) is 5.75 Å². The van der Waals surface area contributed by atoms with Gasteiger partial charge in [0.05, 0.1) is 18.2 Å². The summed E-state index contributed by atoms with van der Waals surface area (Å²) >= 11 is 5.79. The number of hydrogen-bond donors (Lipinski definition) is 3. The van der Waals surface area contributed by atoms with Crippen molar-refractivity contribution in [2.75, 3.05) is 26.4 Å². The molecule has 0 aliphatic heterocycles. The molecule has 0 aliphatic carbocycles. The molecule has 3 N–H and O–H groups in total. The number of aliphatic hydroxyl groups is 1. The van der Waals surface area contributed by atoms with Gasteiger partial charge in [0.2, 0.25) is 0 Å². The lowest BCUT2D eigenvalue weighted by Crippen LogP contribution is -2.16. The average Bonchev–Trinajstić information content (AvgIpc) is 2.33. The lowest BCUT2D eigenvalue weighted by Gasteiger charge is -2.08. The SMILES string of the molecule is OCCOCCCNCc1cccc(Cl)c1O. The van der Waals surface area contributed by atoms with Crippen LogP contribution in [0.25, 0.3) is 0 Å². The molecule has 0 bridgehead atoms. The van der Waals surface area contributed by atoms with E-state index in [1.54, 1.807) is 6.07 Å². The van der Waals surface area contributed by atoms with Gasteiger partial charge in [-0.15, -0.1) is 0 Å². The standard InChI is InChI=1S/C12H18ClNO3/c13-11-4-1-3-10(12(11)16)9-14-5-2-7-17-8-6-15/h1,3-4,14-16H,2,5-9H2. The summed E-state index contributed by atoms with van der Waals surface area (Å²) in [5, 5.41) is 21.7. The number of para-hydroxylation sites is 1. The van der Waals surface area contributed by atoms with E-state index in [9.17, 15) is 5.11 Å². The highest BCUT2D eigenvalue weighted by molar-refractivity contribution is 6.32. The average molecular weight is 260 g/mol. The Morgan fingerprint density at radius 3 is 2.88 bits per heavy atom. The molecule has 0 amide bonds.